The lowest BCUT2D eigenvalue weighted by molar-refractivity contribution is 0.0601. The summed E-state index contributed by atoms with van der Waals surface area (Å²) in [6, 6.07) is 8.88. The lowest BCUT2D eigenvalue weighted by Crippen LogP contribution is -2.15. The van der Waals surface area contributed by atoms with Crippen molar-refractivity contribution in [3.8, 4) is 0 Å². The molecule has 2 saturated heterocycles. The Morgan fingerprint density at radius 2 is 1.88 bits per heavy atom. The normalized spacial score (nSPS) is 25.0. The molecule has 1 aromatic carbocycles. The molecule has 0 N–H and O–H groups in total. The highest BCUT2D eigenvalue weighted by molar-refractivity contribution is 5.89. The molecule has 2 aliphatic heterocycles. The Morgan fingerprint density at radius 1 is 1.24 bits per heavy atom. The van der Waals surface area contributed by atoms with Gasteiger partial charge in [0.05, 0.1) is 12.7 Å². The van der Waals surface area contributed by atoms with E-state index in [1.165, 1.54) is 39.6 Å². The summed E-state index contributed by atoms with van der Waals surface area (Å²) >= 11 is 0. The molecule has 2 heterocycles. The number of benzene rings is 1. The van der Waals surface area contributed by atoms with E-state index in [9.17, 15) is 4.79 Å². The Morgan fingerprint density at radius 3 is 2.24 bits per heavy atom. The predicted molar refractivity (Wildman–Crippen MR) is 66.9 cm³/mol. The maximum atomic E-state index is 10.8. The zero-order valence-corrected chi connectivity index (χ0v) is 10.3. The van der Waals surface area contributed by atoms with E-state index >= 15 is 0 Å². The van der Waals surface area contributed by atoms with Gasteiger partial charge in [-0.15, -0.1) is 0 Å². The summed E-state index contributed by atoms with van der Waals surface area (Å²) in [6.07, 6.45) is 2.97. The molecule has 3 rings (SSSR count). The first kappa shape index (κ1) is 12.1. The number of nitrogens with zero attached hydrogens (tertiary/aromatic N) is 1. The molecule has 0 unspecified atom stereocenters. The summed E-state index contributed by atoms with van der Waals surface area (Å²) in [7, 11) is 1.37. The van der Waals surface area contributed by atoms with Gasteiger partial charge in [0.2, 0.25) is 0 Å². The minimum atomic E-state index is -0.291. The maximum Gasteiger partial charge on any atom is 0.337 e. The van der Waals surface area contributed by atoms with Crippen LogP contribution < -0.4 is 0 Å². The number of hydrogen-bond donors (Lipinski definition) is 0. The Labute approximate surface area is 102 Å². The molecule has 17 heavy (non-hydrogen) atoms. The Hall–Kier alpha value is -1.35. The van der Waals surface area contributed by atoms with Gasteiger partial charge in [0.1, 0.15) is 0 Å². The standard InChI is InChI=1S/C8H8O2.C6H11N/c1-10-8(9)7-5-3-2-4-6-7;1-3-7-4-2-6(1)5-7/h2-6H,1H3;6H,1-5H2. The van der Waals surface area contributed by atoms with Crippen LogP contribution in [0.2, 0.25) is 0 Å². The fraction of sp³-hybridized carbons (Fsp3) is 0.500. The van der Waals surface area contributed by atoms with Gasteiger partial charge in [-0.3, -0.25) is 0 Å². The molecule has 0 atom stereocenters. The SMILES string of the molecule is C1CN2CCC1C2.COC(=O)c1ccccc1. The van der Waals surface area contributed by atoms with E-state index in [2.05, 4.69) is 9.64 Å². The summed E-state index contributed by atoms with van der Waals surface area (Å²) in [5, 5.41) is 0. The number of ether oxygens (including phenoxy) is 1. The van der Waals surface area contributed by atoms with Crippen molar-refractivity contribution in [3.63, 3.8) is 0 Å². The second-order valence-electron chi connectivity index (χ2n) is 4.60. The van der Waals surface area contributed by atoms with Crippen molar-refractivity contribution in [1.29, 1.82) is 0 Å². The number of hydrogen-bond acceptors (Lipinski definition) is 3. The largest absolute Gasteiger partial charge is 0.465 e. The highest BCUT2D eigenvalue weighted by Crippen LogP contribution is 2.26. The van der Waals surface area contributed by atoms with Crippen molar-refractivity contribution >= 4 is 5.97 Å². The molecule has 1 aromatic rings. The second kappa shape index (κ2) is 5.82. The van der Waals surface area contributed by atoms with Gasteiger partial charge in [0, 0.05) is 6.54 Å². The van der Waals surface area contributed by atoms with E-state index in [-0.39, 0.29) is 5.97 Å². The number of piperidine rings is 1. The summed E-state index contributed by atoms with van der Waals surface area (Å²) in [5.74, 6) is 0.806. The number of fused-ring (bicyclic) bond motifs is 2. The Bertz CT molecular complexity index is 346. The van der Waals surface area contributed by atoms with E-state index in [1.807, 2.05) is 6.07 Å². The van der Waals surface area contributed by atoms with Crippen molar-refractivity contribution in [1.82, 2.24) is 4.90 Å². The maximum absolute atomic E-state index is 10.8. The first-order valence-electron chi connectivity index (χ1n) is 6.15. The van der Waals surface area contributed by atoms with E-state index in [1.54, 1.807) is 24.3 Å². The van der Waals surface area contributed by atoms with Gasteiger partial charge in [-0.1, -0.05) is 18.2 Å². The summed E-state index contributed by atoms with van der Waals surface area (Å²) in [6.45, 7) is 4.20. The quantitative estimate of drug-likeness (QED) is 0.696. The van der Waals surface area contributed by atoms with Gasteiger partial charge < -0.3 is 9.64 Å². The number of rotatable bonds is 1. The summed E-state index contributed by atoms with van der Waals surface area (Å²) < 4.78 is 4.50. The van der Waals surface area contributed by atoms with Crippen LogP contribution in [0.5, 0.6) is 0 Å². The fourth-order valence-electron chi connectivity index (χ4n) is 2.41. The average molecular weight is 233 g/mol. The molecule has 0 aromatic heterocycles. The number of carbonyl (C=O) groups is 1. The van der Waals surface area contributed by atoms with Crippen molar-refractivity contribution in [2.75, 3.05) is 26.7 Å². The van der Waals surface area contributed by atoms with Crippen LogP contribution in [0.15, 0.2) is 30.3 Å². The van der Waals surface area contributed by atoms with Crippen molar-refractivity contribution in [2.24, 2.45) is 5.92 Å². The summed E-state index contributed by atoms with van der Waals surface area (Å²) in [4.78, 5) is 13.4. The minimum absolute atomic E-state index is 0.291. The van der Waals surface area contributed by atoms with E-state index in [0.29, 0.717) is 5.56 Å². The molecule has 0 spiro atoms. The lowest BCUT2D eigenvalue weighted by Gasteiger charge is -2.09. The van der Waals surface area contributed by atoms with Gasteiger partial charge in [-0.2, -0.15) is 0 Å². The smallest absolute Gasteiger partial charge is 0.337 e. The van der Waals surface area contributed by atoms with Crippen molar-refractivity contribution < 1.29 is 9.53 Å². The zero-order valence-electron chi connectivity index (χ0n) is 10.3. The summed E-state index contributed by atoms with van der Waals surface area (Å²) in [5.41, 5.74) is 0.588. The third-order valence-electron chi connectivity index (χ3n) is 3.42. The molecule has 0 amide bonds. The molecule has 2 fully saturated rings. The van der Waals surface area contributed by atoms with Gasteiger partial charge in [0.15, 0.2) is 0 Å². The van der Waals surface area contributed by atoms with Crippen molar-refractivity contribution in [3.05, 3.63) is 35.9 Å². The van der Waals surface area contributed by atoms with Crippen LogP contribution in [0.25, 0.3) is 0 Å². The molecular formula is C14H19NO2. The number of methoxy groups -OCH3 is 1. The Kier molecular flexibility index (Phi) is 4.15. The zero-order chi connectivity index (χ0) is 12.1. The molecule has 0 saturated carbocycles. The first-order valence-corrected chi connectivity index (χ1v) is 6.15. The average Bonchev–Trinajstić information content (AvgIpc) is 3.04. The second-order valence-corrected chi connectivity index (χ2v) is 4.60. The molecule has 92 valence electrons. The number of esters is 1. The van der Waals surface area contributed by atoms with Crippen LogP contribution in [-0.4, -0.2) is 37.6 Å². The predicted octanol–water partition coefficient (Wildman–Crippen LogP) is 2.19. The van der Waals surface area contributed by atoms with Gasteiger partial charge in [-0.05, 0) is 44.0 Å². The van der Waals surface area contributed by atoms with Crippen LogP contribution in [0.3, 0.4) is 0 Å². The van der Waals surface area contributed by atoms with Crippen LogP contribution in [0.4, 0.5) is 0 Å². The monoisotopic (exact) mass is 233 g/mol. The molecule has 0 aliphatic carbocycles. The van der Waals surface area contributed by atoms with Crippen LogP contribution >= 0.6 is 0 Å². The molecular weight excluding hydrogens is 214 g/mol. The van der Waals surface area contributed by atoms with E-state index in [0.717, 1.165) is 5.92 Å². The highest BCUT2D eigenvalue weighted by atomic mass is 16.5. The fourth-order valence-corrected chi connectivity index (χ4v) is 2.41. The number of carbonyl (C=O) groups excluding carboxylic acids is 1. The molecule has 0 radical (unpaired) electrons. The third-order valence-corrected chi connectivity index (χ3v) is 3.42. The third kappa shape index (κ3) is 3.30. The van der Waals surface area contributed by atoms with Crippen LogP contribution in [0, 0.1) is 5.92 Å². The minimum Gasteiger partial charge on any atom is -0.465 e. The van der Waals surface area contributed by atoms with Gasteiger partial charge >= 0.3 is 5.97 Å². The molecule has 3 nitrogen and oxygen atoms in total. The highest BCUT2D eigenvalue weighted by Gasteiger charge is 2.28. The van der Waals surface area contributed by atoms with Gasteiger partial charge in [0.25, 0.3) is 0 Å². The van der Waals surface area contributed by atoms with Crippen LogP contribution in [0.1, 0.15) is 23.2 Å². The molecule has 2 bridgehead atoms. The topological polar surface area (TPSA) is 29.5 Å². The van der Waals surface area contributed by atoms with E-state index < -0.39 is 0 Å². The van der Waals surface area contributed by atoms with Crippen LogP contribution in [-0.2, 0) is 4.74 Å². The van der Waals surface area contributed by atoms with Crippen molar-refractivity contribution in [2.45, 2.75) is 12.8 Å². The Balaban J connectivity index is 0.000000134. The molecule has 3 heteroatoms. The molecule has 2 aliphatic rings. The lowest BCUT2D eigenvalue weighted by atomic mass is 10.1. The first-order chi connectivity index (χ1) is 8.29. The van der Waals surface area contributed by atoms with Gasteiger partial charge in [-0.25, -0.2) is 4.79 Å². The van der Waals surface area contributed by atoms with E-state index in [4.69, 9.17) is 0 Å².